The van der Waals surface area contributed by atoms with Crippen LogP contribution in [0.15, 0.2) is 39.0 Å². The van der Waals surface area contributed by atoms with E-state index >= 15 is 0 Å². The monoisotopic (exact) mass is 388 g/mol. The number of aromatic nitrogens is 3. The van der Waals surface area contributed by atoms with Crippen LogP contribution in [0.3, 0.4) is 0 Å². The molecule has 3 aromatic rings. The molecule has 0 unspecified atom stereocenters. The number of nitrogens with one attached hydrogen (secondary N) is 1. The van der Waals surface area contributed by atoms with Gasteiger partial charge in [0.2, 0.25) is 0 Å². The van der Waals surface area contributed by atoms with Crippen LogP contribution in [0.1, 0.15) is 18.2 Å². The quantitative estimate of drug-likeness (QED) is 0.502. The molecular formula is C17H16N4O5S. The summed E-state index contributed by atoms with van der Waals surface area (Å²) in [5, 5.41) is 4.32. The summed E-state index contributed by atoms with van der Waals surface area (Å²) in [6, 6.07) is 6.64. The van der Waals surface area contributed by atoms with E-state index in [1.165, 1.54) is 6.21 Å². The Morgan fingerprint density at radius 1 is 1.33 bits per heavy atom. The van der Waals surface area contributed by atoms with E-state index in [9.17, 15) is 14.4 Å². The number of nitrogens with zero attached hydrogens (tertiary/aromatic N) is 3. The first kappa shape index (κ1) is 18.5. The number of aromatic amines is 1. The van der Waals surface area contributed by atoms with Crippen LogP contribution in [0, 0.1) is 6.92 Å². The number of hydrogen-bond donors (Lipinski definition) is 1. The van der Waals surface area contributed by atoms with Crippen molar-refractivity contribution in [2.24, 2.45) is 5.10 Å². The second-order valence-electron chi connectivity index (χ2n) is 5.43. The number of H-pyrrole nitrogens is 1. The van der Waals surface area contributed by atoms with Crippen LogP contribution in [-0.4, -0.2) is 39.4 Å². The van der Waals surface area contributed by atoms with Crippen LogP contribution < -0.4 is 16.0 Å². The highest BCUT2D eigenvalue weighted by Crippen LogP contribution is 2.14. The van der Waals surface area contributed by atoms with Crippen LogP contribution >= 0.6 is 11.5 Å². The van der Waals surface area contributed by atoms with E-state index in [1.807, 2.05) is 0 Å². The minimum Gasteiger partial charge on any atom is -0.482 e. The molecule has 1 aromatic carbocycles. The molecule has 2 heterocycles. The topological polar surface area (TPSA) is 116 Å². The lowest BCUT2D eigenvalue weighted by Gasteiger charge is -2.05. The fraction of sp³-hybridized carbons (Fsp3) is 0.235. The van der Waals surface area contributed by atoms with E-state index in [1.54, 1.807) is 38.1 Å². The van der Waals surface area contributed by atoms with E-state index in [0.29, 0.717) is 33.8 Å². The first-order valence-electron chi connectivity index (χ1n) is 8.03. The first-order valence-corrected chi connectivity index (χ1v) is 8.81. The lowest BCUT2D eigenvalue weighted by atomic mass is 10.2. The maximum Gasteiger partial charge on any atom is 0.350 e. The van der Waals surface area contributed by atoms with Crippen molar-refractivity contribution in [2.45, 2.75) is 13.8 Å². The fourth-order valence-corrected chi connectivity index (χ4v) is 3.06. The number of fused-ring (bicyclic) bond motifs is 1. The highest BCUT2D eigenvalue weighted by Gasteiger charge is 2.12. The minimum absolute atomic E-state index is 0.180. The average molecular weight is 388 g/mol. The summed E-state index contributed by atoms with van der Waals surface area (Å²) in [6.45, 7) is 3.53. The van der Waals surface area contributed by atoms with Crippen LogP contribution in [0.25, 0.3) is 10.2 Å². The Morgan fingerprint density at radius 3 is 2.78 bits per heavy atom. The number of benzene rings is 1. The number of carbonyl (C=O) groups excluding carboxylic acids is 1. The van der Waals surface area contributed by atoms with Gasteiger partial charge in [0.15, 0.2) is 6.61 Å². The molecule has 2 aromatic heterocycles. The van der Waals surface area contributed by atoms with Gasteiger partial charge in [0, 0.05) is 0 Å². The van der Waals surface area contributed by atoms with Gasteiger partial charge in [-0.15, -0.1) is 4.68 Å². The van der Waals surface area contributed by atoms with Gasteiger partial charge in [-0.25, -0.2) is 9.59 Å². The zero-order chi connectivity index (χ0) is 19.4. The molecule has 140 valence electrons. The summed E-state index contributed by atoms with van der Waals surface area (Å²) in [5.41, 5.74) is 0.0285. The summed E-state index contributed by atoms with van der Waals surface area (Å²) in [7, 11) is 0. The highest BCUT2D eigenvalue weighted by atomic mass is 32.1. The molecule has 3 rings (SSSR count). The van der Waals surface area contributed by atoms with Crippen molar-refractivity contribution in [1.82, 2.24) is 14.0 Å². The number of ether oxygens (including phenoxy) is 2. The molecule has 9 nitrogen and oxygen atoms in total. The largest absolute Gasteiger partial charge is 0.482 e. The summed E-state index contributed by atoms with van der Waals surface area (Å²) >= 11 is 1.06. The molecule has 0 saturated heterocycles. The standard InChI is InChI=1S/C17H16N4O5S/c1-3-25-13(22)9-26-12-6-4-11(5-7-12)8-18-21-16(23)14-10(2)20-27-15(14)19-17(21)24/h4-8H,3,9H2,1-2H3,(H,19,24)/b18-8+. The normalized spacial score (nSPS) is 11.2. The third-order valence-electron chi connectivity index (χ3n) is 3.55. The molecule has 27 heavy (non-hydrogen) atoms. The van der Waals surface area contributed by atoms with Gasteiger partial charge in [-0.3, -0.25) is 9.78 Å². The zero-order valence-corrected chi connectivity index (χ0v) is 15.4. The molecule has 0 aliphatic heterocycles. The molecule has 1 N–H and O–H groups in total. The third-order valence-corrected chi connectivity index (χ3v) is 4.40. The number of esters is 1. The minimum atomic E-state index is -0.637. The Morgan fingerprint density at radius 2 is 2.07 bits per heavy atom. The van der Waals surface area contributed by atoms with Crippen LogP contribution in [0.2, 0.25) is 0 Å². The predicted octanol–water partition coefficient (Wildman–Crippen LogP) is 1.28. The van der Waals surface area contributed by atoms with Gasteiger partial charge < -0.3 is 9.47 Å². The van der Waals surface area contributed by atoms with Crippen LogP contribution in [0.5, 0.6) is 5.75 Å². The summed E-state index contributed by atoms with van der Waals surface area (Å²) in [6.07, 6.45) is 1.38. The Kier molecular flexibility index (Phi) is 5.46. The summed E-state index contributed by atoms with van der Waals surface area (Å²) in [4.78, 5) is 38.8. The van der Waals surface area contributed by atoms with E-state index < -0.39 is 17.2 Å². The lowest BCUT2D eigenvalue weighted by molar-refractivity contribution is -0.145. The van der Waals surface area contributed by atoms with Crippen molar-refractivity contribution in [3.05, 3.63) is 56.4 Å². The Bertz CT molecular complexity index is 1110. The molecule has 0 aliphatic rings. The van der Waals surface area contributed by atoms with E-state index in [0.717, 1.165) is 16.2 Å². The van der Waals surface area contributed by atoms with Gasteiger partial charge in [0.05, 0.1) is 23.9 Å². The predicted molar refractivity (Wildman–Crippen MR) is 101 cm³/mol. The van der Waals surface area contributed by atoms with Gasteiger partial charge in [0.1, 0.15) is 10.6 Å². The van der Waals surface area contributed by atoms with Crippen molar-refractivity contribution < 1.29 is 14.3 Å². The highest BCUT2D eigenvalue weighted by molar-refractivity contribution is 7.12. The van der Waals surface area contributed by atoms with Crippen LogP contribution in [-0.2, 0) is 9.53 Å². The van der Waals surface area contributed by atoms with Crippen LogP contribution in [0.4, 0.5) is 0 Å². The smallest absolute Gasteiger partial charge is 0.350 e. The first-order chi connectivity index (χ1) is 13.0. The second kappa shape index (κ2) is 7.96. The van der Waals surface area contributed by atoms with Gasteiger partial charge in [-0.2, -0.15) is 9.47 Å². The van der Waals surface area contributed by atoms with E-state index in [4.69, 9.17) is 9.47 Å². The molecular weight excluding hydrogens is 372 g/mol. The van der Waals surface area contributed by atoms with Crippen molar-refractivity contribution >= 4 is 33.9 Å². The van der Waals surface area contributed by atoms with Crippen molar-refractivity contribution in [2.75, 3.05) is 13.2 Å². The average Bonchev–Trinajstić information content (AvgIpc) is 3.01. The maximum atomic E-state index is 12.4. The molecule has 0 aliphatic carbocycles. The van der Waals surface area contributed by atoms with E-state index in [-0.39, 0.29) is 6.61 Å². The van der Waals surface area contributed by atoms with Crippen molar-refractivity contribution in [3.63, 3.8) is 0 Å². The Hall–Kier alpha value is -3.27. The number of carbonyl (C=O) groups is 1. The van der Waals surface area contributed by atoms with Gasteiger partial charge in [-0.05, 0) is 55.2 Å². The molecule has 0 spiro atoms. The number of aryl methyl sites for hydroxylation is 1. The van der Waals surface area contributed by atoms with Gasteiger partial charge in [-0.1, -0.05) is 0 Å². The molecule has 10 heteroatoms. The molecule has 0 fully saturated rings. The Labute approximate surface area is 157 Å². The summed E-state index contributed by atoms with van der Waals surface area (Å²) < 4.78 is 14.9. The zero-order valence-electron chi connectivity index (χ0n) is 14.6. The molecule has 0 amide bonds. The molecule has 0 atom stereocenters. The van der Waals surface area contributed by atoms with Crippen molar-refractivity contribution in [1.29, 1.82) is 0 Å². The molecule has 0 bridgehead atoms. The second-order valence-corrected chi connectivity index (χ2v) is 6.20. The maximum absolute atomic E-state index is 12.4. The SMILES string of the molecule is CCOC(=O)COc1ccc(/C=N/n2c(=O)[nH]c3snc(C)c3c2=O)cc1. The molecule has 0 radical (unpaired) electrons. The van der Waals surface area contributed by atoms with Gasteiger partial charge in [0.25, 0.3) is 5.56 Å². The number of rotatable bonds is 6. The molecule has 0 saturated carbocycles. The summed E-state index contributed by atoms with van der Waals surface area (Å²) in [5.74, 6) is 0.0342. The van der Waals surface area contributed by atoms with E-state index in [2.05, 4.69) is 14.5 Å². The fourth-order valence-electron chi connectivity index (χ4n) is 2.28. The van der Waals surface area contributed by atoms with Crippen molar-refractivity contribution in [3.8, 4) is 5.75 Å². The van der Waals surface area contributed by atoms with Gasteiger partial charge >= 0.3 is 11.7 Å². The number of hydrogen-bond acceptors (Lipinski definition) is 8. The third kappa shape index (κ3) is 4.11. The lowest BCUT2D eigenvalue weighted by Crippen LogP contribution is -2.32. The Balaban J connectivity index is 1.78.